The zero-order valence-corrected chi connectivity index (χ0v) is 10.7. The Balaban J connectivity index is 3.26. The van der Waals surface area contributed by atoms with Crippen LogP contribution in [0.15, 0.2) is 12.1 Å². The van der Waals surface area contributed by atoms with Gasteiger partial charge in [-0.1, -0.05) is 0 Å². The second-order valence-corrected chi connectivity index (χ2v) is 3.76. The van der Waals surface area contributed by atoms with E-state index < -0.39 is 0 Å². The standard InChI is InChI=1S/C13H18N2O2/c1-9-7-10(16-3)8-12(17-4)13(9)11(15-2)5-6-14/h7-8,11,15H,5H2,1-4H3. The molecule has 1 aromatic rings. The minimum Gasteiger partial charge on any atom is -0.497 e. The molecule has 0 heterocycles. The van der Waals surface area contributed by atoms with Crippen LogP contribution in [0.5, 0.6) is 11.5 Å². The molecule has 0 saturated heterocycles. The number of nitriles is 1. The van der Waals surface area contributed by atoms with Gasteiger partial charge in [-0.25, -0.2) is 0 Å². The van der Waals surface area contributed by atoms with Crippen LogP contribution in [-0.4, -0.2) is 21.3 Å². The Labute approximate surface area is 102 Å². The molecule has 1 unspecified atom stereocenters. The molecule has 4 heteroatoms. The number of ether oxygens (including phenoxy) is 2. The first-order valence-corrected chi connectivity index (χ1v) is 5.44. The van der Waals surface area contributed by atoms with Crippen molar-refractivity contribution in [3.63, 3.8) is 0 Å². The van der Waals surface area contributed by atoms with Crippen LogP contribution in [0.3, 0.4) is 0 Å². The van der Waals surface area contributed by atoms with Crippen molar-refractivity contribution in [2.24, 2.45) is 0 Å². The lowest BCUT2D eigenvalue weighted by Gasteiger charge is -2.20. The number of hydrogen-bond acceptors (Lipinski definition) is 4. The second kappa shape index (κ2) is 6.12. The highest BCUT2D eigenvalue weighted by Gasteiger charge is 2.18. The topological polar surface area (TPSA) is 54.3 Å². The molecule has 0 fully saturated rings. The molecule has 0 radical (unpaired) electrons. The van der Waals surface area contributed by atoms with Crippen LogP contribution in [0.4, 0.5) is 0 Å². The fourth-order valence-corrected chi connectivity index (χ4v) is 1.91. The summed E-state index contributed by atoms with van der Waals surface area (Å²) in [5.41, 5.74) is 2.06. The van der Waals surface area contributed by atoms with Crippen molar-refractivity contribution in [2.75, 3.05) is 21.3 Å². The SMILES string of the molecule is CNC(CC#N)c1c(C)cc(OC)cc1OC. The number of hydrogen-bond donors (Lipinski definition) is 1. The van der Waals surface area contributed by atoms with Gasteiger partial charge in [-0.3, -0.25) is 0 Å². The van der Waals surface area contributed by atoms with Crippen molar-refractivity contribution >= 4 is 0 Å². The quantitative estimate of drug-likeness (QED) is 0.848. The Kier molecular flexibility index (Phi) is 4.80. The smallest absolute Gasteiger partial charge is 0.127 e. The molecule has 0 spiro atoms. The van der Waals surface area contributed by atoms with Crippen molar-refractivity contribution < 1.29 is 9.47 Å². The lowest BCUT2D eigenvalue weighted by Crippen LogP contribution is -2.18. The zero-order chi connectivity index (χ0) is 12.8. The van der Waals surface area contributed by atoms with Gasteiger partial charge in [0, 0.05) is 17.7 Å². The maximum Gasteiger partial charge on any atom is 0.127 e. The molecule has 1 rings (SSSR count). The molecular weight excluding hydrogens is 216 g/mol. The monoisotopic (exact) mass is 234 g/mol. The van der Waals surface area contributed by atoms with Crippen LogP contribution < -0.4 is 14.8 Å². The predicted molar refractivity (Wildman–Crippen MR) is 66.3 cm³/mol. The molecule has 92 valence electrons. The van der Waals surface area contributed by atoms with Gasteiger partial charge in [-0.15, -0.1) is 0 Å². The highest BCUT2D eigenvalue weighted by atomic mass is 16.5. The van der Waals surface area contributed by atoms with E-state index in [1.807, 2.05) is 26.1 Å². The van der Waals surface area contributed by atoms with Crippen molar-refractivity contribution in [3.8, 4) is 17.6 Å². The fourth-order valence-electron chi connectivity index (χ4n) is 1.91. The number of methoxy groups -OCH3 is 2. The molecule has 4 nitrogen and oxygen atoms in total. The average molecular weight is 234 g/mol. The first-order chi connectivity index (χ1) is 8.17. The van der Waals surface area contributed by atoms with Gasteiger partial charge in [0.15, 0.2) is 0 Å². The van der Waals surface area contributed by atoms with E-state index in [0.717, 1.165) is 22.6 Å². The number of nitrogens with one attached hydrogen (secondary N) is 1. The Bertz CT molecular complexity index is 424. The van der Waals surface area contributed by atoms with Gasteiger partial charge in [0.05, 0.1) is 26.7 Å². The van der Waals surface area contributed by atoms with E-state index in [1.54, 1.807) is 14.2 Å². The summed E-state index contributed by atoms with van der Waals surface area (Å²) in [5.74, 6) is 1.51. The number of nitrogens with zero attached hydrogens (tertiary/aromatic N) is 1. The molecule has 0 aromatic heterocycles. The van der Waals surface area contributed by atoms with Crippen LogP contribution in [0.2, 0.25) is 0 Å². The summed E-state index contributed by atoms with van der Waals surface area (Å²) in [6.07, 6.45) is 0.403. The number of rotatable bonds is 5. The van der Waals surface area contributed by atoms with E-state index in [1.165, 1.54) is 0 Å². The summed E-state index contributed by atoms with van der Waals surface area (Å²) in [6, 6.07) is 5.93. The normalized spacial score (nSPS) is 11.7. The third kappa shape index (κ3) is 2.89. The summed E-state index contributed by atoms with van der Waals surface area (Å²) in [7, 11) is 5.08. The largest absolute Gasteiger partial charge is 0.497 e. The van der Waals surface area contributed by atoms with Crippen molar-refractivity contribution in [3.05, 3.63) is 23.3 Å². The molecule has 0 aliphatic heterocycles. The van der Waals surface area contributed by atoms with Gasteiger partial charge in [0.25, 0.3) is 0 Å². The Morgan fingerprint density at radius 1 is 1.35 bits per heavy atom. The van der Waals surface area contributed by atoms with Crippen molar-refractivity contribution in [1.29, 1.82) is 5.26 Å². The summed E-state index contributed by atoms with van der Waals surface area (Å²) in [4.78, 5) is 0. The molecule has 17 heavy (non-hydrogen) atoms. The van der Waals surface area contributed by atoms with Crippen LogP contribution in [0.1, 0.15) is 23.6 Å². The van der Waals surface area contributed by atoms with Gasteiger partial charge in [-0.05, 0) is 25.6 Å². The van der Waals surface area contributed by atoms with E-state index in [2.05, 4.69) is 11.4 Å². The third-order valence-electron chi connectivity index (χ3n) is 2.77. The number of benzene rings is 1. The van der Waals surface area contributed by atoms with Gasteiger partial charge in [0.1, 0.15) is 11.5 Å². The predicted octanol–water partition coefficient (Wildman–Crippen LogP) is 2.19. The van der Waals surface area contributed by atoms with E-state index in [-0.39, 0.29) is 6.04 Å². The first kappa shape index (κ1) is 13.3. The van der Waals surface area contributed by atoms with E-state index >= 15 is 0 Å². The molecule has 0 aliphatic carbocycles. The highest BCUT2D eigenvalue weighted by molar-refractivity contribution is 5.48. The van der Waals surface area contributed by atoms with Gasteiger partial charge in [-0.2, -0.15) is 5.26 Å². The van der Waals surface area contributed by atoms with Crippen molar-refractivity contribution in [2.45, 2.75) is 19.4 Å². The average Bonchev–Trinajstić information content (AvgIpc) is 2.35. The molecule has 0 saturated carbocycles. The van der Waals surface area contributed by atoms with Gasteiger partial charge in [0.2, 0.25) is 0 Å². The molecule has 0 amide bonds. The highest BCUT2D eigenvalue weighted by Crippen LogP contribution is 2.34. The van der Waals surface area contributed by atoms with Gasteiger partial charge >= 0.3 is 0 Å². The first-order valence-electron chi connectivity index (χ1n) is 5.44. The third-order valence-corrected chi connectivity index (χ3v) is 2.77. The maximum absolute atomic E-state index is 8.83. The Morgan fingerprint density at radius 3 is 2.53 bits per heavy atom. The molecule has 1 N–H and O–H groups in total. The fraction of sp³-hybridized carbons (Fsp3) is 0.462. The lowest BCUT2D eigenvalue weighted by atomic mass is 9.97. The van der Waals surface area contributed by atoms with E-state index in [4.69, 9.17) is 14.7 Å². The second-order valence-electron chi connectivity index (χ2n) is 3.76. The lowest BCUT2D eigenvalue weighted by molar-refractivity contribution is 0.385. The van der Waals surface area contributed by atoms with E-state index in [0.29, 0.717) is 6.42 Å². The Morgan fingerprint density at radius 2 is 2.06 bits per heavy atom. The summed E-state index contributed by atoms with van der Waals surface area (Å²) in [6.45, 7) is 1.99. The van der Waals surface area contributed by atoms with E-state index in [9.17, 15) is 0 Å². The molecule has 1 atom stereocenters. The van der Waals surface area contributed by atoms with Crippen LogP contribution >= 0.6 is 0 Å². The minimum atomic E-state index is -0.0270. The van der Waals surface area contributed by atoms with Crippen LogP contribution in [-0.2, 0) is 0 Å². The zero-order valence-electron chi connectivity index (χ0n) is 10.7. The maximum atomic E-state index is 8.83. The summed E-state index contributed by atoms with van der Waals surface area (Å²) >= 11 is 0. The summed E-state index contributed by atoms with van der Waals surface area (Å²) in [5, 5.41) is 12.0. The van der Waals surface area contributed by atoms with Crippen molar-refractivity contribution in [1.82, 2.24) is 5.32 Å². The molecule has 1 aromatic carbocycles. The summed E-state index contributed by atoms with van der Waals surface area (Å²) < 4.78 is 10.6. The molecular formula is C13H18N2O2. The van der Waals surface area contributed by atoms with Crippen LogP contribution in [0.25, 0.3) is 0 Å². The minimum absolute atomic E-state index is 0.0270. The molecule has 0 aliphatic rings. The molecule has 0 bridgehead atoms. The number of aryl methyl sites for hydroxylation is 1. The van der Waals surface area contributed by atoms with Gasteiger partial charge < -0.3 is 14.8 Å². The van der Waals surface area contributed by atoms with Crippen LogP contribution in [0, 0.1) is 18.3 Å². The Hall–Kier alpha value is -1.73.